The zero-order chi connectivity index (χ0) is 13.0. The average molecular weight is 262 g/mol. The lowest BCUT2D eigenvalue weighted by atomic mass is 10.2. The van der Waals surface area contributed by atoms with Crippen molar-refractivity contribution in [1.29, 1.82) is 0 Å². The number of pyridine rings is 1. The van der Waals surface area contributed by atoms with Gasteiger partial charge in [0.2, 0.25) is 0 Å². The van der Waals surface area contributed by atoms with Crippen LogP contribution in [0.2, 0.25) is 0 Å². The third-order valence-electron chi connectivity index (χ3n) is 2.53. The van der Waals surface area contributed by atoms with Crippen molar-refractivity contribution in [2.45, 2.75) is 6.54 Å². The molecule has 2 aromatic rings. The summed E-state index contributed by atoms with van der Waals surface area (Å²) in [5, 5.41) is 1.99. The van der Waals surface area contributed by atoms with Gasteiger partial charge in [0.15, 0.2) is 0 Å². The quantitative estimate of drug-likeness (QED) is 0.650. The Morgan fingerprint density at radius 3 is 3.06 bits per heavy atom. The van der Waals surface area contributed by atoms with E-state index in [4.69, 9.17) is 5.84 Å². The van der Waals surface area contributed by atoms with Gasteiger partial charge in [0.1, 0.15) is 0 Å². The zero-order valence-electron chi connectivity index (χ0n) is 9.96. The van der Waals surface area contributed by atoms with Gasteiger partial charge in [0.05, 0.1) is 24.0 Å². The van der Waals surface area contributed by atoms with Gasteiger partial charge in [-0.15, -0.1) is 11.3 Å². The molecule has 0 spiro atoms. The van der Waals surface area contributed by atoms with Gasteiger partial charge in [-0.2, -0.15) is 0 Å². The molecule has 0 aliphatic heterocycles. The van der Waals surface area contributed by atoms with E-state index in [2.05, 4.69) is 10.4 Å². The number of hydrazine groups is 1. The van der Waals surface area contributed by atoms with Crippen molar-refractivity contribution in [3.63, 3.8) is 0 Å². The predicted molar refractivity (Wildman–Crippen MR) is 72.2 cm³/mol. The number of anilines is 1. The van der Waals surface area contributed by atoms with Gasteiger partial charge in [-0.05, 0) is 17.5 Å². The Morgan fingerprint density at radius 1 is 1.56 bits per heavy atom. The van der Waals surface area contributed by atoms with E-state index in [9.17, 15) is 4.79 Å². The van der Waals surface area contributed by atoms with Crippen molar-refractivity contribution in [2.75, 3.05) is 12.5 Å². The molecular weight excluding hydrogens is 248 g/mol. The van der Waals surface area contributed by atoms with Crippen molar-refractivity contribution in [3.8, 4) is 0 Å². The first-order valence-electron chi connectivity index (χ1n) is 5.41. The summed E-state index contributed by atoms with van der Waals surface area (Å²) in [6, 6.07) is 5.63. The molecule has 0 aliphatic carbocycles. The van der Waals surface area contributed by atoms with Crippen molar-refractivity contribution in [1.82, 2.24) is 9.88 Å². The van der Waals surface area contributed by atoms with Gasteiger partial charge < -0.3 is 10.3 Å². The van der Waals surface area contributed by atoms with Crippen LogP contribution >= 0.6 is 11.3 Å². The number of hydrogen-bond donors (Lipinski definition) is 2. The number of carbonyl (C=O) groups excluding carboxylic acids is 1. The molecule has 0 saturated heterocycles. The highest BCUT2D eigenvalue weighted by Gasteiger charge is 2.15. The van der Waals surface area contributed by atoms with Gasteiger partial charge in [0.25, 0.3) is 5.91 Å². The third-order valence-corrected chi connectivity index (χ3v) is 3.39. The number of hydrogen-bond acceptors (Lipinski definition) is 5. The molecule has 3 N–H and O–H groups in total. The first kappa shape index (κ1) is 12.5. The number of nitrogens with two attached hydrogens (primary N) is 1. The summed E-state index contributed by atoms with van der Waals surface area (Å²) in [5.74, 6) is 5.28. The minimum atomic E-state index is -0.0845. The second kappa shape index (κ2) is 5.61. The van der Waals surface area contributed by atoms with Crippen molar-refractivity contribution >= 4 is 22.9 Å². The lowest BCUT2D eigenvalue weighted by Crippen LogP contribution is -2.27. The smallest absolute Gasteiger partial charge is 0.256 e. The number of nitrogens with one attached hydrogen (secondary N) is 1. The number of thiophene rings is 1. The minimum absolute atomic E-state index is 0.0845. The van der Waals surface area contributed by atoms with E-state index >= 15 is 0 Å². The molecule has 0 aliphatic rings. The Hall–Kier alpha value is -1.92. The van der Waals surface area contributed by atoms with E-state index in [1.54, 1.807) is 35.5 Å². The fourth-order valence-electron chi connectivity index (χ4n) is 1.61. The van der Waals surface area contributed by atoms with Crippen LogP contribution in [0.4, 0.5) is 5.69 Å². The maximum absolute atomic E-state index is 12.3. The molecule has 1 amide bonds. The molecule has 0 atom stereocenters. The molecule has 0 fully saturated rings. The Labute approximate surface area is 109 Å². The highest BCUT2D eigenvalue weighted by atomic mass is 32.1. The first-order valence-corrected chi connectivity index (χ1v) is 6.29. The van der Waals surface area contributed by atoms with Crippen LogP contribution in [0, 0.1) is 0 Å². The van der Waals surface area contributed by atoms with Crippen LogP contribution in [0.5, 0.6) is 0 Å². The van der Waals surface area contributed by atoms with Crippen LogP contribution in [0.3, 0.4) is 0 Å². The molecular formula is C12H14N4OS. The summed E-state index contributed by atoms with van der Waals surface area (Å²) in [4.78, 5) is 19.0. The van der Waals surface area contributed by atoms with Crippen molar-refractivity contribution in [3.05, 3.63) is 46.4 Å². The molecule has 94 valence electrons. The van der Waals surface area contributed by atoms with Crippen molar-refractivity contribution in [2.24, 2.45) is 5.84 Å². The number of aromatic nitrogens is 1. The van der Waals surface area contributed by atoms with Crippen LogP contribution in [0.15, 0.2) is 36.0 Å². The van der Waals surface area contributed by atoms with Gasteiger partial charge in [0, 0.05) is 18.1 Å². The molecule has 5 nitrogen and oxygen atoms in total. The molecule has 18 heavy (non-hydrogen) atoms. The molecule has 2 aromatic heterocycles. The lowest BCUT2D eigenvalue weighted by molar-refractivity contribution is 0.0787. The number of nitrogens with zero attached hydrogens (tertiary/aromatic N) is 2. The number of carbonyl (C=O) groups is 1. The maximum Gasteiger partial charge on any atom is 0.256 e. The van der Waals surface area contributed by atoms with Gasteiger partial charge >= 0.3 is 0 Å². The fourth-order valence-corrected chi connectivity index (χ4v) is 2.37. The molecule has 0 saturated carbocycles. The largest absolute Gasteiger partial charge is 0.336 e. The fraction of sp³-hybridized carbons (Fsp3) is 0.167. The first-order chi connectivity index (χ1) is 8.72. The SMILES string of the molecule is CN(Cc1cccs1)C(=O)c1ccncc1NN. The predicted octanol–water partition coefficient (Wildman–Crippen LogP) is 1.70. The Morgan fingerprint density at radius 2 is 2.39 bits per heavy atom. The molecule has 2 rings (SSSR count). The summed E-state index contributed by atoms with van der Waals surface area (Å²) in [7, 11) is 1.77. The second-order valence-corrected chi connectivity index (χ2v) is 4.84. The van der Waals surface area contributed by atoms with E-state index < -0.39 is 0 Å². The summed E-state index contributed by atoms with van der Waals surface area (Å²) >= 11 is 1.63. The number of nitrogen functional groups attached to an aromatic ring is 1. The van der Waals surface area contributed by atoms with Gasteiger partial charge in [-0.3, -0.25) is 15.6 Å². The third kappa shape index (κ3) is 2.66. The van der Waals surface area contributed by atoms with Crippen LogP contribution in [0.25, 0.3) is 0 Å². The zero-order valence-corrected chi connectivity index (χ0v) is 10.8. The second-order valence-electron chi connectivity index (χ2n) is 3.81. The highest BCUT2D eigenvalue weighted by Crippen LogP contribution is 2.17. The molecule has 0 unspecified atom stereocenters. The van der Waals surface area contributed by atoms with E-state index in [1.165, 1.54) is 6.20 Å². The van der Waals surface area contributed by atoms with Crippen LogP contribution in [-0.4, -0.2) is 22.8 Å². The van der Waals surface area contributed by atoms with Crippen LogP contribution < -0.4 is 11.3 Å². The highest BCUT2D eigenvalue weighted by molar-refractivity contribution is 7.09. The normalized spacial score (nSPS) is 10.1. The van der Waals surface area contributed by atoms with E-state index in [0.717, 1.165) is 4.88 Å². The van der Waals surface area contributed by atoms with Gasteiger partial charge in [-0.25, -0.2) is 0 Å². The molecule has 2 heterocycles. The standard InChI is InChI=1S/C12H14N4OS/c1-16(8-9-3-2-6-18-9)12(17)10-4-5-14-7-11(10)15-13/h2-7,15H,8,13H2,1H3. The molecule has 0 radical (unpaired) electrons. The number of rotatable bonds is 4. The molecule has 6 heteroatoms. The summed E-state index contributed by atoms with van der Waals surface area (Å²) in [6.07, 6.45) is 3.11. The monoisotopic (exact) mass is 262 g/mol. The average Bonchev–Trinajstić information content (AvgIpc) is 2.90. The van der Waals surface area contributed by atoms with Crippen LogP contribution in [-0.2, 0) is 6.54 Å². The van der Waals surface area contributed by atoms with Crippen LogP contribution in [0.1, 0.15) is 15.2 Å². The minimum Gasteiger partial charge on any atom is -0.336 e. The molecule has 0 aromatic carbocycles. The Kier molecular flexibility index (Phi) is 3.91. The maximum atomic E-state index is 12.3. The van der Waals surface area contributed by atoms with Gasteiger partial charge in [-0.1, -0.05) is 6.07 Å². The number of amides is 1. The Balaban J connectivity index is 2.15. The van der Waals surface area contributed by atoms with E-state index in [1.807, 2.05) is 17.5 Å². The lowest BCUT2D eigenvalue weighted by Gasteiger charge is -2.17. The van der Waals surface area contributed by atoms with E-state index in [0.29, 0.717) is 17.8 Å². The Bertz CT molecular complexity index is 527. The van der Waals surface area contributed by atoms with E-state index in [-0.39, 0.29) is 5.91 Å². The summed E-state index contributed by atoms with van der Waals surface area (Å²) < 4.78 is 0. The molecule has 0 bridgehead atoms. The summed E-state index contributed by atoms with van der Waals surface area (Å²) in [6.45, 7) is 0.586. The van der Waals surface area contributed by atoms with Crippen molar-refractivity contribution < 1.29 is 4.79 Å². The topological polar surface area (TPSA) is 71.2 Å². The summed E-state index contributed by atoms with van der Waals surface area (Å²) in [5.41, 5.74) is 3.53.